The first kappa shape index (κ1) is 18.4. The molecule has 0 N–H and O–H groups in total. The second-order valence-corrected chi connectivity index (χ2v) is 6.74. The van der Waals surface area contributed by atoms with Crippen molar-refractivity contribution < 1.29 is 9.53 Å². The molecule has 0 atom stereocenters. The quantitative estimate of drug-likeness (QED) is 0.795. The van der Waals surface area contributed by atoms with Crippen LogP contribution in [0.15, 0.2) is 48.8 Å². The number of likely N-dealkylation sites (N-methyl/N-ethyl adjacent to an activating group) is 1. The van der Waals surface area contributed by atoms with Crippen molar-refractivity contribution in [3.8, 4) is 11.5 Å². The summed E-state index contributed by atoms with van der Waals surface area (Å²) >= 11 is 0. The summed E-state index contributed by atoms with van der Waals surface area (Å²) < 4.78 is 6.00. The Hall–Kier alpha value is -2.44. The van der Waals surface area contributed by atoms with Crippen molar-refractivity contribution in [3.63, 3.8) is 0 Å². The van der Waals surface area contributed by atoms with E-state index in [9.17, 15) is 4.79 Å². The summed E-state index contributed by atoms with van der Waals surface area (Å²) in [6.07, 6.45) is 3.45. The third-order valence-electron chi connectivity index (χ3n) is 4.55. The fraction of sp³-hybridized carbons (Fsp3) is 0.400. The summed E-state index contributed by atoms with van der Waals surface area (Å²) in [7, 11) is 3.61. The number of hydrogen-bond acceptors (Lipinski definition) is 5. The van der Waals surface area contributed by atoms with Crippen LogP contribution in [-0.4, -0.2) is 72.4 Å². The van der Waals surface area contributed by atoms with E-state index in [4.69, 9.17) is 4.74 Å². The van der Waals surface area contributed by atoms with Crippen LogP contribution in [0.5, 0.6) is 11.5 Å². The molecule has 6 nitrogen and oxygen atoms in total. The van der Waals surface area contributed by atoms with Gasteiger partial charge in [0.2, 0.25) is 5.91 Å². The lowest BCUT2D eigenvalue weighted by molar-refractivity contribution is -0.130. The zero-order valence-corrected chi connectivity index (χ0v) is 15.5. The lowest BCUT2D eigenvalue weighted by atomic mass is 10.1. The maximum Gasteiger partial charge on any atom is 0.236 e. The zero-order valence-electron chi connectivity index (χ0n) is 15.5. The molecule has 1 aromatic heterocycles. The second-order valence-electron chi connectivity index (χ2n) is 6.74. The highest BCUT2D eigenvalue weighted by molar-refractivity contribution is 5.77. The molecule has 1 fully saturated rings. The van der Waals surface area contributed by atoms with Gasteiger partial charge in [-0.05, 0) is 18.2 Å². The van der Waals surface area contributed by atoms with E-state index >= 15 is 0 Å². The van der Waals surface area contributed by atoms with Crippen LogP contribution in [0, 0.1) is 0 Å². The summed E-state index contributed by atoms with van der Waals surface area (Å²) in [6, 6.07) is 11.9. The van der Waals surface area contributed by atoms with E-state index < -0.39 is 0 Å². The highest BCUT2D eigenvalue weighted by Gasteiger charge is 2.20. The van der Waals surface area contributed by atoms with Crippen molar-refractivity contribution in [2.45, 2.75) is 6.54 Å². The number of hydrogen-bond donors (Lipinski definition) is 0. The van der Waals surface area contributed by atoms with Gasteiger partial charge < -0.3 is 9.64 Å². The van der Waals surface area contributed by atoms with Crippen LogP contribution in [-0.2, 0) is 11.3 Å². The number of benzene rings is 1. The van der Waals surface area contributed by atoms with Crippen LogP contribution in [0.3, 0.4) is 0 Å². The van der Waals surface area contributed by atoms with Crippen LogP contribution in [0.4, 0.5) is 0 Å². The van der Waals surface area contributed by atoms with Crippen LogP contribution in [0.25, 0.3) is 0 Å². The first-order valence-corrected chi connectivity index (χ1v) is 8.92. The number of piperazine rings is 1. The minimum Gasteiger partial charge on any atom is -0.455 e. The van der Waals surface area contributed by atoms with Gasteiger partial charge in [0.15, 0.2) is 0 Å². The number of amides is 1. The molecule has 2 heterocycles. The van der Waals surface area contributed by atoms with Gasteiger partial charge in [0.25, 0.3) is 0 Å². The molecule has 2 aromatic rings. The van der Waals surface area contributed by atoms with E-state index in [1.165, 1.54) is 0 Å². The summed E-state index contributed by atoms with van der Waals surface area (Å²) in [5, 5.41) is 0. The van der Waals surface area contributed by atoms with Gasteiger partial charge in [-0.2, -0.15) is 0 Å². The minimum atomic E-state index is 0.161. The van der Waals surface area contributed by atoms with E-state index in [0.717, 1.165) is 49.8 Å². The van der Waals surface area contributed by atoms with Crippen molar-refractivity contribution in [3.05, 3.63) is 54.4 Å². The molecule has 3 rings (SSSR count). The van der Waals surface area contributed by atoms with Gasteiger partial charge in [0, 0.05) is 58.6 Å². The largest absolute Gasteiger partial charge is 0.455 e. The van der Waals surface area contributed by atoms with Crippen molar-refractivity contribution in [1.29, 1.82) is 0 Å². The van der Waals surface area contributed by atoms with Crippen molar-refractivity contribution in [1.82, 2.24) is 19.7 Å². The summed E-state index contributed by atoms with van der Waals surface area (Å²) in [5.41, 5.74) is 1.16. The Bertz CT molecular complexity index is 713. The monoisotopic (exact) mass is 354 g/mol. The molecule has 1 amide bonds. The lowest BCUT2D eigenvalue weighted by Gasteiger charge is -2.34. The Morgan fingerprint density at radius 2 is 1.81 bits per heavy atom. The smallest absolute Gasteiger partial charge is 0.236 e. The molecule has 0 aliphatic carbocycles. The predicted molar refractivity (Wildman–Crippen MR) is 101 cm³/mol. The number of pyridine rings is 1. The molecule has 0 spiro atoms. The van der Waals surface area contributed by atoms with Crippen molar-refractivity contribution >= 4 is 5.91 Å². The number of carbonyl (C=O) groups excluding carboxylic acids is 1. The molecule has 0 radical (unpaired) electrons. The van der Waals surface area contributed by atoms with Gasteiger partial charge in [0.05, 0.1) is 12.7 Å². The van der Waals surface area contributed by atoms with Gasteiger partial charge in [-0.25, -0.2) is 0 Å². The molecule has 1 aromatic carbocycles. The number of ether oxygens (including phenoxy) is 1. The first-order valence-electron chi connectivity index (χ1n) is 8.92. The molecule has 0 bridgehead atoms. The predicted octanol–water partition coefficient (Wildman–Crippen LogP) is 2.08. The van der Waals surface area contributed by atoms with E-state index in [-0.39, 0.29) is 5.91 Å². The Kier molecular flexibility index (Phi) is 6.20. The average Bonchev–Trinajstić information content (AvgIpc) is 2.65. The van der Waals surface area contributed by atoms with Crippen molar-refractivity contribution in [2.75, 3.05) is 46.8 Å². The van der Waals surface area contributed by atoms with Gasteiger partial charge in [0.1, 0.15) is 11.5 Å². The van der Waals surface area contributed by atoms with E-state index in [0.29, 0.717) is 6.54 Å². The molecular formula is C20H26N4O2. The molecular weight excluding hydrogens is 328 g/mol. The third-order valence-corrected chi connectivity index (χ3v) is 4.55. The summed E-state index contributed by atoms with van der Waals surface area (Å²) in [5.74, 6) is 1.77. The Balaban J connectivity index is 1.56. The Labute approximate surface area is 155 Å². The maximum absolute atomic E-state index is 11.9. The molecule has 6 heteroatoms. The SMILES string of the molecule is CN(C)C(=O)CN1CCN(Cc2ccccc2Oc2cccnc2)CC1. The standard InChI is InChI=1S/C20H26N4O2/c1-22(2)20(25)16-24-12-10-23(11-13-24)15-17-6-3-4-8-19(17)26-18-7-5-9-21-14-18/h3-9,14H,10-13,15-16H2,1-2H3. The summed E-state index contributed by atoms with van der Waals surface area (Å²) in [4.78, 5) is 22.2. The second kappa shape index (κ2) is 8.78. The van der Waals surface area contributed by atoms with Gasteiger partial charge in [-0.1, -0.05) is 18.2 Å². The molecule has 1 aliphatic heterocycles. The first-order chi connectivity index (χ1) is 12.6. The van der Waals surface area contributed by atoms with E-state index in [1.54, 1.807) is 31.4 Å². The zero-order chi connectivity index (χ0) is 18.4. The number of para-hydroxylation sites is 1. The highest BCUT2D eigenvalue weighted by atomic mass is 16.5. The molecule has 0 unspecified atom stereocenters. The third kappa shape index (κ3) is 5.03. The number of aromatic nitrogens is 1. The molecule has 138 valence electrons. The lowest BCUT2D eigenvalue weighted by Crippen LogP contribution is -2.48. The van der Waals surface area contributed by atoms with Crippen LogP contribution < -0.4 is 4.74 Å². The van der Waals surface area contributed by atoms with Crippen molar-refractivity contribution in [2.24, 2.45) is 0 Å². The highest BCUT2D eigenvalue weighted by Crippen LogP contribution is 2.26. The Morgan fingerprint density at radius 3 is 2.50 bits per heavy atom. The van der Waals surface area contributed by atoms with Crippen LogP contribution in [0.2, 0.25) is 0 Å². The van der Waals surface area contributed by atoms with Crippen LogP contribution in [0.1, 0.15) is 5.56 Å². The molecule has 1 saturated heterocycles. The average molecular weight is 354 g/mol. The van der Waals surface area contributed by atoms with Gasteiger partial charge in [-0.3, -0.25) is 19.6 Å². The fourth-order valence-electron chi connectivity index (χ4n) is 2.95. The maximum atomic E-state index is 11.9. The van der Waals surface area contributed by atoms with Gasteiger partial charge >= 0.3 is 0 Å². The Morgan fingerprint density at radius 1 is 1.08 bits per heavy atom. The number of carbonyl (C=O) groups is 1. The number of nitrogens with zero attached hydrogens (tertiary/aromatic N) is 4. The van der Waals surface area contributed by atoms with E-state index in [1.807, 2.05) is 30.3 Å². The minimum absolute atomic E-state index is 0.161. The molecule has 26 heavy (non-hydrogen) atoms. The normalized spacial score (nSPS) is 15.6. The molecule has 0 saturated carbocycles. The topological polar surface area (TPSA) is 48.9 Å². The fourth-order valence-corrected chi connectivity index (χ4v) is 2.95. The number of rotatable bonds is 6. The van der Waals surface area contributed by atoms with Gasteiger partial charge in [-0.15, -0.1) is 0 Å². The molecule has 1 aliphatic rings. The van der Waals surface area contributed by atoms with E-state index in [2.05, 4.69) is 20.9 Å². The van der Waals surface area contributed by atoms with Crippen LogP contribution >= 0.6 is 0 Å². The summed E-state index contributed by atoms with van der Waals surface area (Å²) in [6.45, 7) is 5.05.